The van der Waals surface area contributed by atoms with Crippen LogP contribution in [-0.2, 0) is 4.79 Å². The normalized spacial score (nSPS) is 11.7. The fourth-order valence-corrected chi connectivity index (χ4v) is 2.22. The van der Waals surface area contributed by atoms with Crippen molar-refractivity contribution in [3.05, 3.63) is 58.1 Å². The van der Waals surface area contributed by atoms with Crippen molar-refractivity contribution in [3.63, 3.8) is 0 Å². The standard InChI is InChI=1S/C18H19Cl2NO3/c1-12-3-6-16(11-17(12)20)23-10-9-21-18(22)13(2)24-15-7-4-14(19)5-8-15/h3-8,11,13H,9-10H2,1-2H3,(H,21,22). The molecule has 1 atom stereocenters. The van der Waals surface area contributed by atoms with E-state index in [-0.39, 0.29) is 5.91 Å². The van der Waals surface area contributed by atoms with E-state index in [9.17, 15) is 4.79 Å². The molecule has 0 aliphatic rings. The molecule has 24 heavy (non-hydrogen) atoms. The Morgan fingerprint density at radius 3 is 2.46 bits per heavy atom. The summed E-state index contributed by atoms with van der Waals surface area (Å²) < 4.78 is 11.1. The number of aryl methyl sites for hydroxylation is 1. The Hall–Kier alpha value is -1.91. The molecule has 6 heteroatoms. The number of amides is 1. The minimum Gasteiger partial charge on any atom is -0.492 e. The van der Waals surface area contributed by atoms with Crippen molar-refractivity contribution in [1.82, 2.24) is 5.32 Å². The Morgan fingerprint density at radius 2 is 1.79 bits per heavy atom. The maximum absolute atomic E-state index is 12.0. The number of carbonyl (C=O) groups excluding carboxylic acids is 1. The lowest BCUT2D eigenvalue weighted by molar-refractivity contribution is -0.127. The van der Waals surface area contributed by atoms with Gasteiger partial charge in [0, 0.05) is 10.0 Å². The van der Waals surface area contributed by atoms with Gasteiger partial charge < -0.3 is 14.8 Å². The lowest BCUT2D eigenvalue weighted by Gasteiger charge is -2.15. The van der Waals surface area contributed by atoms with Crippen molar-refractivity contribution in [3.8, 4) is 11.5 Å². The first-order valence-electron chi connectivity index (χ1n) is 7.54. The van der Waals surface area contributed by atoms with Gasteiger partial charge in [-0.15, -0.1) is 0 Å². The fraction of sp³-hybridized carbons (Fsp3) is 0.278. The first kappa shape index (κ1) is 18.4. The molecule has 0 heterocycles. The van der Waals surface area contributed by atoms with Crippen LogP contribution in [0.2, 0.25) is 10.0 Å². The first-order chi connectivity index (χ1) is 11.5. The summed E-state index contributed by atoms with van der Waals surface area (Å²) in [6.07, 6.45) is -0.611. The van der Waals surface area contributed by atoms with Crippen LogP contribution in [0.1, 0.15) is 12.5 Å². The molecule has 0 aliphatic heterocycles. The highest BCUT2D eigenvalue weighted by atomic mass is 35.5. The lowest BCUT2D eigenvalue weighted by atomic mass is 10.2. The van der Waals surface area contributed by atoms with E-state index in [1.807, 2.05) is 19.1 Å². The predicted octanol–water partition coefficient (Wildman–Crippen LogP) is 4.26. The van der Waals surface area contributed by atoms with Crippen LogP contribution < -0.4 is 14.8 Å². The van der Waals surface area contributed by atoms with Crippen LogP contribution in [0.25, 0.3) is 0 Å². The second-order valence-electron chi connectivity index (χ2n) is 5.26. The van der Waals surface area contributed by atoms with Crippen molar-refractivity contribution >= 4 is 29.1 Å². The topological polar surface area (TPSA) is 47.6 Å². The van der Waals surface area contributed by atoms with E-state index in [0.717, 1.165) is 5.56 Å². The number of nitrogens with one attached hydrogen (secondary N) is 1. The molecule has 0 spiro atoms. The van der Waals surface area contributed by atoms with E-state index in [1.54, 1.807) is 37.3 Å². The Kier molecular flexibility index (Phi) is 6.76. The van der Waals surface area contributed by atoms with Gasteiger partial charge in [0.2, 0.25) is 0 Å². The molecule has 4 nitrogen and oxygen atoms in total. The molecule has 0 aromatic heterocycles. The van der Waals surface area contributed by atoms with Crippen LogP contribution in [0.3, 0.4) is 0 Å². The Balaban J connectivity index is 1.72. The van der Waals surface area contributed by atoms with Gasteiger partial charge in [-0.25, -0.2) is 0 Å². The summed E-state index contributed by atoms with van der Waals surface area (Å²) in [5.74, 6) is 1.05. The van der Waals surface area contributed by atoms with E-state index >= 15 is 0 Å². The summed E-state index contributed by atoms with van der Waals surface area (Å²) in [6.45, 7) is 4.33. The number of hydrogen-bond donors (Lipinski definition) is 1. The van der Waals surface area contributed by atoms with E-state index in [4.69, 9.17) is 32.7 Å². The molecule has 0 aliphatic carbocycles. The van der Waals surface area contributed by atoms with Crippen LogP contribution in [0, 0.1) is 6.92 Å². The van der Waals surface area contributed by atoms with Crippen LogP contribution >= 0.6 is 23.2 Å². The van der Waals surface area contributed by atoms with Gasteiger partial charge in [0.05, 0.1) is 6.54 Å². The molecule has 1 amide bonds. The largest absolute Gasteiger partial charge is 0.492 e. The highest BCUT2D eigenvalue weighted by Gasteiger charge is 2.14. The van der Waals surface area contributed by atoms with Gasteiger partial charge in [-0.3, -0.25) is 4.79 Å². The predicted molar refractivity (Wildman–Crippen MR) is 96.2 cm³/mol. The molecular formula is C18H19Cl2NO3. The van der Waals surface area contributed by atoms with Gasteiger partial charge in [0.1, 0.15) is 18.1 Å². The van der Waals surface area contributed by atoms with Gasteiger partial charge in [0.15, 0.2) is 6.10 Å². The van der Waals surface area contributed by atoms with Gasteiger partial charge >= 0.3 is 0 Å². The third-order valence-electron chi connectivity index (χ3n) is 3.31. The number of ether oxygens (including phenoxy) is 2. The Morgan fingerprint density at radius 1 is 1.12 bits per heavy atom. The maximum Gasteiger partial charge on any atom is 0.260 e. The van der Waals surface area contributed by atoms with Gasteiger partial charge in [-0.1, -0.05) is 29.3 Å². The number of rotatable bonds is 7. The zero-order valence-corrected chi connectivity index (χ0v) is 15.0. The molecule has 2 aromatic rings. The molecule has 1 unspecified atom stereocenters. The quantitative estimate of drug-likeness (QED) is 0.743. The third-order valence-corrected chi connectivity index (χ3v) is 3.97. The summed E-state index contributed by atoms with van der Waals surface area (Å²) in [6, 6.07) is 12.3. The second kappa shape index (κ2) is 8.81. The Bertz CT molecular complexity index is 689. The maximum atomic E-state index is 12.0. The Labute approximate surface area is 151 Å². The number of halogens is 2. The molecule has 0 saturated heterocycles. The number of carbonyl (C=O) groups is 1. The van der Waals surface area contributed by atoms with Gasteiger partial charge in [-0.05, 0) is 55.8 Å². The summed E-state index contributed by atoms with van der Waals surface area (Å²) in [7, 11) is 0. The lowest BCUT2D eigenvalue weighted by Crippen LogP contribution is -2.38. The first-order valence-corrected chi connectivity index (χ1v) is 8.30. The van der Waals surface area contributed by atoms with Crippen molar-refractivity contribution in [1.29, 1.82) is 0 Å². The summed E-state index contributed by atoms with van der Waals surface area (Å²) in [4.78, 5) is 12.0. The number of benzene rings is 2. The minimum absolute atomic E-state index is 0.213. The highest BCUT2D eigenvalue weighted by Crippen LogP contribution is 2.21. The van der Waals surface area contributed by atoms with E-state index in [1.165, 1.54) is 0 Å². The smallest absolute Gasteiger partial charge is 0.260 e. The van der Waals surface area contributed by atoms with Gasteiger partial charge in [0.25, 0.3) is 5.91 Å². The molecule has 2 rings (SSSR count). The fourth-order valence-electron chi connectivity index (χ4n) is 1.92. The van der Waals surface area contributed by atoms with Crippen molar-refractivity contribution in [2.24, 2.45) is 0 Å². The molecule has 0 bridgehead atoms. The zero-order valence-electron chi connectivity index (χ0n) is 13.5. The summed E-state index contributed by atoms with van der Waals surface area (Å²) in [5.41, 5.74) is 0.991. The minimum atomic E-state index is -0.611. The summed E-state index contributed by atoms with van der Waals surface area (Å²) >= 11 is 11.8. The van der Waals surface area contributed by atoms with Crippen molar-refractivity contribution < 1.29 is 14.3 Å². The SMILES string of the molecule is Cc1ccc(OCCNC(=O)C(C)Oc2ccc(Cl)cc2)cc1Cl. The van der Waals surface area contributed by atoms with Gasteiger partial charge in [-0.2, -0.15) is 0 Å². The molecule has 0 saturated carbocycles. The molecule has 0 radical (unpaired) electrons. The third kappa shape index (κ3) is 5.62. The highest BCUT2D eigenvalue weighted by molar-refractivity contribution is 6.31. The summed E-state index contributed by atoms with van der Waals surface area (Å²) in [5, 5.41) is 4.03. The molecule has 1 N–H and O–H groups in total. The van der Waals surface area contributed by atoms with Crippen molar-refractivity contribution in [2.75, 3.05) is 13.2 Å². The van der Waals surface area contributed by atoms with Crippen LogP contribution in [0.4, 0.5) is 0 Å². The number of hydrogen-bond acceptors (Lipinski definition) is 3. The van der Waals surface area contributed by atoms with Crippen LogP contribution in [-0.4, -0.2) is 25.2 Å². The van der Waals surface area contributed by atoms with E-state index < -0.39 is 6.10 Å². The van der Waals surface area contributed by atoms with E-state index in [2.05, 4.69) is 5.32 Å². The molecule has 2 aromatic carbocycles. The van der Waals surface area contributed by atoms with E-state index in [0.29, 0.717) is 34.7 Å². The average molecular weight is 368 g/mol. The second-order valence-corrected chi connectivity index (χ2v) is 6.11. The zero-order chi connectivity index (χ0) is 17.5. The monoisotopic (exact) mass is 367 g/mol. The van der Waals surface area contributed by atoms with Crippen molar-refractivity contribution in [2.45, 2.75) is 20.0 Å². The van der Waals surface area contributed by atoms with Crippen LogP contribution in [0.5, 0.6) is 11.5 Å². The molecular weight excluding hydrogens is 349 g/mol. The van der Waals surface area contributed by atoms with Crippen LogP contribution in [0.15, 0.2) is 42.5 Å². The molecule has 0 fully saturated rings. The molecule has 128 valence electrons. The average Bonchev–Trinajstić information content (AvgIpc) is 2.56.